The van der Waals surface area contributed by atoms with Crippen LogP contribution >= 0.6 is 11.3 Å². The summed E-state index contributed by atoms with van der Waals surface area (Å²) in [5.74, 6) is -0.281. The van der Waals surface area contributed by atoms with Gasteiger partial charge in [-0.15, -0.1) is 0 Å². The highest BCUT2D eigenvalue weighted by Crippen LogP contribution is 2.34. The van der Waals surface area contributed by atoms with Crippen LogP contribution in [0, 0.1) is 16.0 Å². The van der Waals surface area contributed by atoms with Crippen molar-refractivity contribution in [3.8, 4) is 0 Å². The number of sulfonamides is 1. The number of nitrogens with two attached hydrogens (primary N) is 1. The molecule has 1 saturated heterocycles. The van der Waals surface area contributed by atoms with Crippen molar-refractivity contribution in [2.24, 2.45) is 5.92 Å². The van der Waals surface area contributed by atoms with Crippen LogP contribution in [0.5, 0.6) is 0 Å². The zero-order chi connectivity index (χ0) is 15.8. The van der Waals surface area contributed by atoms with Gasteiger partial charge in [-0.3, -0.25) is 10.1 Å². The number of nitrogens with zero attached hydrogens (tertiary/aromatic N) is 1. The largest absolute Gasteiger partial charge is 0.385 e. The summed E-state index contributed by atoms with van der Waals surface area (Å²) in [6, 6.07) is 0.897. The minimum atomic E-state index is -3.93. The number of rotatable bonds is 5. The van der Waals surface area contributed by atoms with Gasteiger partial charge in [0, 0.05) is 12.6 Å². The predicted molar refractivity (Wildman–Crippen MR) is 77.3 cm³/mol. The zero-order valence-corrected chi connectivity index (χ0v) is 13.1. The molecule has 21 heavy (non-hydrogen) atoms. The summed E-state index contributed by atoms with van der Waals surface area (Å²) in [4.78, 5) is 9.90. The van der Waals surface area contributed by atoms with Gasteiger partial charge in [-0.2, -0.15) is 0 Å². The highest BCUT2D eigenvalue weighted by molar-refractivity contribution is 7.92. The van der Waals surface area contributed by atoms with E-state index in [2.05, 4.69) is 4.72 Å². The SMILES string of the molecule is Nc1sc(S(=O)(=O)NCC2CCS(=O)(=O)C2)cc1[N+](=O)[O-]. The molecule has 118 valence electrons. The predicted octanol–water partition coefficient (Wildman–Crippen LogP) is -0.0485. The monoisotopic (exact) mass is 355 g/mol. The van der Waals surface area contributed by atoms with Crippen LogP contribution in [0.4, 0.5) is 10.7 Å². The maximum atomic E-state index is 12.0. The highest BCUT2D eigenvalue weighted by atomic mass is 32.2. The molecule has 1 fully saturated rings. The lowest BCUT2D eigenvalue weighted by Crippen LogP contribution is -2.29. The van der Waals surface area contributed by atoms with E-state index in [9.17, 15) is 26.9 Å². The number of nitrogen functional groups attached to an aromatic ring is 1. The molecular weight excluding hydrogens is 342 g/mol. The van der Waals surface area contributed by atoms with E-state index in [1.807, 2.05) is 0 Å². The third-order valence-corrected chi connectivity index (χ3v) is 7.76. The molecule has 0 amide bonds. The van der Waals surface area contributed by atoms with Crippen molar-refractivity contribution in [1.29, 1.82) is 0 Å². The molecule has 0 aliphatic carbocycles. The van der Waals surface area contributed by atoms with Gasteiger partial charge in [0.15, 0.2) is 14.8 Å². The fraction of sp³-hybridized carbons (Fsp3) is 0.556. The molecule has 3 N–H and O–H groups in total. The Morgan fingerprint density at radius 1 is 1.52 bits per heavy atom. The molecule has 2 heterocycles. The van der Waals surface area contributed by atoms with Gasteiger partial charge >= 0.3 is 5.69 Å². The molecule has 2 rings (SSSR count). The molecule has 0 saturated carbocycles. The Hall–Kier alpha value is -1.24. The van der Waals surface area contributed by atoms with Gasteiger partial charge in [-0.1, -0.05) is 11.3 Å². The normalized spacial score (nSPS) is 21.4. The lowest BCUT2D eigenvalue weighted by Gasteiger charge is -2.08. The van der Waals surface area contributed by atoms with E-state index >= 15 is 0 Å². The third-order valence-electron chi connectivity index (χ3n) is 3.07. The number of nitro groups is 1. The van der Waals surface area contributed by atoms with E-state index in [0.29, 0.717) is 17.8 Å². The van der Waals surface area contributed by atoms with E-state index in [1.54, 1.807) is 0 Å². The van der Waals surface area contributed by atoms with Crippen molar-refractivity contribution < 1.29 is 21.8 Å². The molecule has 1 unspecified atom stereocenters. The minimum Gasteiger partial charge on any atom is -0.385 e. The van der Waals surface area contributed by atoms with E-state index < -0.39 is 30.5 Å². The summed E-state index contributed by atoms with van der Waals surface area (Å²) < 4.78 is 48.6. The smallest absolute Gasteiger partial charge is 0.304 e. The summed E-state index contributed by atoms with van der Waals surface area (Å²) in [6.45, 7) is -0.0207. The average Bonchev–Trinajstić information content (AvgIpc) is 2.90. The molecule has 0 radical (unpaired) electrons. The maximum absolute atomic E-state index is 12.0. The molecule has 1 aromatic heterocycles. The van der Waals surface area contributed by atoms with Gasteiger partial charge in [0.1, 0.15) is 4.21 Å². The number of hydrogen-bond donors (Lipinski definition) is 2. The second-order valence-electron chi connectivity index (χ2n) is 4.69. The first-order valence-electron chi connectivity index (χ1n) is 5.84. The van der Waals surface area contributed by atoms with E-state index in [4.69, 9.17) is 5.73 Å². The molecule has 0 aromatic carbocycles. The molecule has 1 aliphatic heterocycles. The second-order valence-corrected chi connectivity index (χ2v) is 10.00. The number of hydrogen-bond acceptors (Lipinski definition) is 8. The van der Waals surface area contributed by atoms with Crippen molar-refractivity contribution in [3.05, 3.63) is 16.2 Å². The van der Waals surface area contributed by atoms with Crippen LogP contribution < -0.4 is 10.5 Å². The van der Waals surface area contributed by atoms with Gasteiger partial charge < -0.3 is 5.73 Å². The van der Waals surface area contributed by atoms with E-state index in [0.717, 1.165) is 6.07 Å². The molecule has 1 atom stereocenters. The molecular formula is C9H13N3O6S3. The number of thiophene rings is 1. The van der Waals surface area contributed by atoms with Crippen LogP contribution in [0.3, 0.4) is 0 Å². The Kier molecular flexibility index (Phi) is 4.24. The lowest BCUT2D eigenvalue weighted by molar-refractivity contribution is -0.383. The lowest BCUT2D eigenvalue weighted by atomic mass is 10.1. The fourth-order valence-corrected chi connectivity index (χ4v) is 6.22. The molecule has 1 aromatic rings. The highest BCUT2D eigenvalue weighted by Gasteiger charge is 2.30. The van der Waals surface area contributed by atoms with Crippen molar-refractivity contribution >= 4 is 41.9 Å². The number of nitrogens with one attached hydrogen (secondary N) is 1. The quantitative estimate of drug-likeness (QED) is 0.555. The van der Waals surface area contributed by atoms with Gasteiger partial charge in [0.05, 0.1) is 16.4 Å². The third kappa shape index (κ3) is 3.70. The standard InChI is InChI=1S/C9H13N3O6S3/c10-9-7(12(13)14)3-8(19-9)21(17,18)11-4-6-1-2-20(15,16)5-6/h3,6,11H,1-2,4-5,10H2. The van der Waals surface area contributed by atoms with Crippen molar-refractivity contribution in [2.45, 2.75) is 10.6 Å². The molecule has 12 heteroatoms. The summed E-state index contributed by atoms with van der Waals surface area (Å²) >= 11 is 0.599. The van der Waals surface area contributed by atoms with E-state index in [1.165, 1.54) is 0 Å². The van der Waals surface area contributed by atoms with E-state index in [-0.39, 0.29) is 33.2 Å². The summed E-state index contributed by atoms with van der Waals surface area (Å²) in [6.07, 6.45) is 0.400. The molecule has 0 bridgehead atoms. The zero-order valence-electron chi connectivity index (χ0n) is 10.7. The summed E-state index contributed by atoms with van der Waals surface area (Å²) in [5, 5.41) is 10.5. The Morgan fingerprint density at radius 3 is 2.67 bits per heavy atom. The number of sulfone groups is 1. The van der Waals surface area contributed by atoms with Crippen molar-refractivity contribution in [1.82, 2.24) is 4.72 Å². The Labute approximate surface area is 125 Å². The molecule has 1 aliphatic rings. The van der Waals surface area contributed by atoms with Gasteiger partial charge in [-0.25, -0.2) is 21.6 Å². The maximum Gasteiger partial charge on any atom is 0.304 e. The first kappa shape index (κ1) is 16.1. The van der Waals surface area contributed by atoms with Crippen LogP contribution in [0.15, 0.2) is 10.3 Å². The van der Waals surface area contributed by atoms with Gasteiger partial charge in [0.2, 0.25) is 10.0 Å². The molecule has 0 spiro atoms. The van der Waals surface area contributed by atoms with Crippen LogP contribution in [0.25, 0.3) is 0 Å². The van der Waals surface area contributed by atoms with Crippen molar-refractivity contribution in [3.63, 3.8) is 0 Å². The topological polar surface area (TPSA) is 149 Å². The fourth-order valence-electron chi connectivity index (χ4n) is 1.98. The van der Waals surface area contributed by atoms with Gasteiger partial charge in [-0.05, 0) is 12.3 Å². The van der Waals surface area contributed by atoms with Crippen LogP contribution in [0.2, 0.25) is 0 Å². The summed E-state index contributed by atoms with van der Waals surface area (Å²) in [7, 11) is -7.01. The Balaban J connectivity index is 2.09. The molecule has 9 nitrogen and oxygen atoms in total. The van der Waals surface area contributed by atoms with Crippen molar-refractivity contribution in [2.75, 3.05) is 23.8 Å². The van der Waals surface area contributed by atoms with Crippen LogP contribution in [0.1, 0.15) is 6.42 Å². The first-order chi connectivity index (χ1) is 9.61. The Morgan fingerprint density at radius 2 is 2.19 bits per heavy atom. The summed E-state index contributed by atoms with van der Waals surface area (Å²) in [5.41, 5.74) is 4.94. The first-order valence-corrected chi connectivity index (χ1v) is 9.96. The average molecular weight is 355 g/mol. The van der Waals surface area contributed by atoms with Crippen LogP contribution in [-0.2, 0) is 19.9 Å². The van der Waals surface area contributed by atoms with Crippen LogP contribution in [-0.4, -0.2) is 39.8 Å². The number of anilines is 1. The minimum absolute atomic E-state index is 0.0207. The Bertz CT molecular complexity index is 767. The van der Waals surface area contributed by atoms with Gasteiger partial charge in [0.25, 0.3) is 0 Å². The second kappa shape index (κ2) is 5.51.